The first-order chi connectivity index (χ1) is 12.6. The zero-order valence-corrected chi connectivity index (χ0v) is 15.0. The predicted octanol–water partition coefficient (Wildman–Crippen LogP) is 5.15. The van der Waals surface area contributed by atoms with Crippen LogP contribution in [0.3, 0.4) is 0 Å². The van der Waals surface area contributed by atoms with Crippen molar-refractivity contribution in [2.75, 3.05) is 6.54 Å². The Hall–Kier alpha value is -2.65. The molecule has 0 heterocycles. The number of hydrogen-bond donors (Lipinski definition) is 2. The topological polar surface area (TPSA) is 32.3 Å². The van der Waals surface area contributed by atoms with Crippen LogP contribution in [0.4, 0.5) is 4.39 Å². The van der Waals surface area contributed by atoms with Crippen molar-refractivity contribution >= 4 is 0 Å². The fourth-order valence-electron chi connectivity index (χ4n) is 3.11. The van der Waals surface area contributed by atoms with Crippen molar-refractivity contribution in [1.82, 2.24) is 5.32 Å². The third kappa shape index (κ3) is 4.93. The highest BCUT2D eigenvalue weighted by Crippen LogP contribution is 2.29. The van der Waals surface area contributed by atoms with Crippen molar-refractivity contribution in [2.24, 2.45) is 0 Å². The van der Waals surface area contributed by atoms with Gasteiger partial charge in [-0.25, -0.2) is 4.39 Å². The minimum absolute atomic E-state index is 0.154. The number of aryl methyl sites for hydroxylation is 1. The van der Waals surface area contributed by atoms with E-state index in [0.29, 0.717) is 0 Å². The normalized spacial score (nSPS) is 12.1. The minimum atomic E-state index is -0.226. The van der Waals surface area contributed by atoms with Crippen LogP contribution in [0.25, 0.3) is 0 Å². The van der Waals surface area contributed by atoms with Crippen LogP contribution in [0.15, 0.2) is 72.8 Å². The molecule has 2 N–H and O–H groups in total. The number of rotatable bonds is 7. The summed E-state index contributed by atoms with van der Waals surface area (Å²) in [4.78, 5) is 0. The Morgan fingerprint density at radius 1 is 0.846 bits per heavy atom. The maximum atomic E-state index is 13.3. The van der Waals surface area contributed by atoms with Crippen molar-refractivity contribution in [1.29, 1.82) is 0 Å². The van der Waals surface area contributed by atoms with E-state index in [0.717, 1.165) is 30.6 Å². The third-order valence-corrected chi connectivity index (χ3v) is 4.63. The van der Waals surface area contributed by atoms with E-state index >= 15 is 0 Å². The molecule has 0 bridgehead atoms. The van der Waals surface area contributed by atoms with Gasteiger partial charge in [-0.1, -0.05) is 54.1 Å². The molecule has 0 spiro atoms. The lowest BCUT2D eigenvalue weighted by Gasteiger charge is -2.19. The van der Waals surface area contributed by atoms with Gasteiger partial charge in [0.15, 0.2) is 0 Å². The largest absolute Gasteiger partial charge is 0.508 e. The molecule has 26 heavy (non-hydrogen) atoms. The zero-order valence-electron chi connectivity index (χ0n) is 15.0. The summed E-state index contributed by atoms with van der Waals surface area (Å²) in [5.74, 6) is 0.182. The molecule has 3 rings (SSSR count). The van der Waals surface area contributed by atoms with E-state index in [4.69, 9.17) is 0 Å². The number of hydrogen-bond acceptors (Lipinski definition) is 2. The van der Waals surface area contributed by atoms with Gasteiger partial charge in [-0.05, 0) is 60.8 Å². The molecule has 0 aliphatic carbocycles. The van der Waals surface area contributed by atoms with Gasteiger partial charge in [0.1, 0.15) is 11.6 Å². The van der Waals surface area contributed by atoms with E-state index in [1.165, 1.54) is 23.3 Å². The van der Waals surface area contributed by atoms with E-state index < -0.39 is 0 Å². The van der Waals surface area contributed by atoms with Crippen molar-refractivity contribution in [3.63, 3.8) is 0 Å². The van der Waals surface area contributed by atoms with Gasteiger partial charge in [-0.3, -0.25) is 0 Å². The summed E-state index contributed by atoms with van der Waals surface area (Å²) in [5, 5.41) is 13.0. The third-order valence-electron chi connectivity index (χ3n) is 4.63. The summed E-state index contributed by atoms with van der Waals surface area (Å²) >= 11 is 0. The van der Waals surface area contributed by atoms with Crippen LogP contribution < -0.4 is 5.32 Å². The Labute approximate surface area is 154 Å². The quantitative estimate of drug-likeness (QED) is 0.578. The highest BCUT2D eigenvalue weighted by Gasteiger charge is 2.14. The predicted molar refractivity (Wildman–Crippen MR) is 104 cm³/mol. The molecule has 0 aliphatic heterocycles. The lowest BCUT2D eigenvalue weighted by molar-refractivity contribution is 0.475. The van der Waals surface area contributed by atoms with Crippen LogP contribution in [0.2, 0.25) is 0 Å². The van der Waals surface area contributed by atoms with Gasteiger partial charge in [0.25, 0.3) is 0 Å². The lowest BCUT2D eigenvalue weighted by atomic mass is 9.88. The molecule has 3 heteroatoms. The Kier molecular flexibility index (Phi) is 6.03. The van der Waals surface area contributed by atoms with Crippen LogP contribution in [0.1, 0.15) is 34.6 Å². The van der Waals surface area contributed by atoms with Crippen molar-refractivity contribution < 1.29 is 9.50 Å². The van der Waals surface area contributed by atoms with Gasteiger partial charge in [0, 0.05) is 12.5 Å². The Morgan fingerprint density at radius 3 is 2.04 bits per heavy atom. The minimum Gasteiger partial charge on any atom is -0.508 e. The number of aromatic hydroxyl groups is 1. The molecular formula is C23H24FNO. The first-order valence-corrected chi connectivity index (χ1v) is 8.92. The van der Waals surface area contributed by atoms with E-state index in [2.05, 4.69) is 36.5 Å². The van der Waals surface area contributed by atoms with Crippen molar-refractivity contribution in [2.45, 2.75) is 25.8 Å². The van der Waals surface area contributed by atoms with Gasteiger partial charge in [0.05, 0.1) is 0 Å². The highest BCUT2D eigenvalue weighted by molar-refractivity contribution is 5.35. The van der Waals surface area contributed by atoms with Crippen LogP contribution in [0, 0.1) is 12.7 Å². The summed E-state index contributed by atoms with van der Waals surface area (Å²) in [7, 11) is 0. The molecule has 134 valence electrons. The summed E-state index contributed by atoms with van der Waals surface area (Å²) in [6.07, 6.45) is 0.891. The highest BCUT2D eigenvalue weighted by atomic mass is 19.1. The molecule has 0 saturated carbocycles. The number of phenols is 1. The summed E-state index contributed by atoms with van der Waals surface area (Å²) in [6, 6.07) is 22.5. The second kappa shape index (κ2) is 8.63. The second-order valence-electron chi connectivity index (χ2n) is 6.65. The van der Waals surface area contributed by atoms with Crippen LogP contribution >= 0.6 is 0 Å². The van der Waals surface area contributed by atoms with Crippen molar-refractivity contribution in [3.8, 4) is 5.75 Å². The van der Waals surface area contributed by atoms with Gasteiger partial charge < -0.3 is 10.4 Å². The van der Waals surface area contributed by atoms with Gasteiger partial charge in [0.2, 0.25) is 0 Å². The molecule has 2 nitrogen and oxygen atoms in total. The molecule has 0 amide bonds. The number of halogens is 1. The molecule has 0 fully saturated rings. The van der Waals surface area contributed by atoms with E-state index in [-0.39, 0.29) is 17.5 Å². The Balaban J connectivity index is 1.66. The first-order valence-electron chi connectivity index (χ1n) is 8.92. The summed E-state index contributed by atoms with van der Waals surface area (Å²) in [5.41, 5.74) is 4.72. The maximum absolute atomic E-state index is 13.3. The average molecular weight is 349 g/mol. The zero-order chi connectivity index (χ0) is 18.4. The molecule has 3 aromatic rings. The summed E-state index contributed by atoms with van der Waals surface area (Å²) in [6.45, 7) is 3.75. The van der Waals surface area contributed by atoms with Crippen LogP contribution in [-0.4, -0.2) is 11.7 Å². The van der Waals surface area contributed by atoms with Gasteiger partial charge in [-0.15, -0.1) is 0 Å². The average Bonchev–Trinajstić information content (AvgIpc) is 2.65. The SMILES string of the molecule is Cc1ccc(CNCC[C@@H](c2ccc(O)cc2)c2ccc(F)cc2)cc1. The first kappa shape index (κ1) is 18.2. The van der Waals surface area contributed by atoms with Crippen molar-refractivity contribution in [3.05, 3.63) is 101 Å². The fourth-order valence-corrected chi connectivity index (χ4v) is 3.11. The monoisotopic (exact) mass is 349 g/mol. The molecule has 0 aromatic heterocycles. The van der Waals surface area contributed by atoms with E-state index in [1.54, 1.807) is 12.1 Å². The van der Waals surface area contributed by atoms with E-state index in [1.807, 2.05) is 24.3 Å². The van der Waals surface area contributed by atoms with Gasteiger partial charge >= 0.3 is 0 Å². The molecular weight excluding hydrogens is 325 g/mol. The molecule has 0 radical (unpaired) electrons. The molecule has 0 saturated heterocycles. The number of nitrogens with one attached hydrogen (secondary N) is 1. The molecule has 0 aliphatic rings. The molecule has 1 atom stereocenters. The Morgan fingerprint density at radius 2 is 1.42 bits per heavy atom. The maximum Gasteiger partial charge on any atom is 0.123 e. The van der Waals surface area contributed by atoms with E-state index in [9.17, 15) is 9.50 Å². The molecule has 0 unspecified atom stereocenters. The molecule has 3 aromatic carbocycles. The number of benzene rings is 3. The number of phenolic OH excluding ortho intramolecular Hbond substituents is 1. The Bertz CT molecular complexity index is 765. The fraction of sp³-hybridized carbons (Fsp3) is 0.217. The standard InChI is InChI=1S/C23H24FNO/c1-17-2-4-18(5-3-17)16-25-15-14-23(19-6-10-21(24)11-7-19)20-8-12-22(26)13-9-20/h2-13,23,25-26H,14-16H2,1H3/t23-/m1/s1. The second-order valence-corrected chi connectivity index (χ2v) is 6.65. The summed E-state index contributed by atoms with van der Waals surface area (Å²) < 4.78 is 13.3. The smallest absolute Gasteiger partial charge is 0.123 e. The lowest BCUT2D eigenvalue weighted by Crippen LogP contribution is -2.17. The van der Waals surface area contributed by atoms with Gasteiger partial charge in [-0.2, -0.15) is 0 Å². The van der Waals surface area contributed by atoms with Crippen LogP contribution in [0.5, 0.6) is 5.75 Å². The van der Waals surface area contributed by atoms with Crippen LogP contribution in [-0.2, 0) is 6.54 Å².